The van der Waals surface area contributed by atoms with Crippen molar-refractivity contribution in [2.45, 2.75) is 0 Å². The molecule has 0 aliphatic rings. The van der Waals surface area contributed by atoms with E-state index >= 15 is 0 Å². The van der Waals surface area contributed by atoms with Gasteiger partial charge in [-0.3, -0.25) is 4.57 Å². The van der Waals surface area contributed by atoms with E-state index in [1.807, 2.05) is 11.3 Å². The molecule has 12 rings (SSSR count). The molecule has 0 fully saturated rings. The van der Waals surface area contributed by atoms with Gasteiger partial charge in [-0.15, -0.1) is 11.3 Å². The van der Waals surface area contributed by atoms with Gasteiger partial charge in [0.25, 0.3) is 0 Å². The van der Waals surface area contributed by atoms with Gasteiger partial charge < -0.3 is 0 Å². The minimum Gasteiger partial charge on any atom is -0.277 e. The molecule has 0 N–H and O–H groups in total. The highest BCUT2D eigenvalue weighted by molar-refractivity contribution is 7.26. The van der Waals surface area contributed by atoms with Crippen molar-refractivity contribution in [1.29, 1.82) is 0 Å². The first kappa shape index (κ1) is 29.7. The van der Waals surface area contributed by atoms with E-state index in [9.17, 15) is 0 Å². The van der Waals surface area contributed by atoms with Crippen molar-refractivity contribution in [3.8, 4) is 28.3 Å². The highest BCUT2D eigenvalue weighted by atomic mass is 32.1. The maximum absolute atomic E-state index is 5.54. The summed E-state index contributed by atoms with van der Waals surface area (Å²) < 4.78 is 4.94. The largest absolute Gasteiger partial charge is 0.277 e. The first-order valence-electron chi connectivity index (χ1n) is 18.3. The maximum atomic E-state index is 5.54. The minimum absolute atomic E-state index is 0.663. The lowest BCUT2D eigenvalue weighted by atomic mass is 9.99. The van der Waals surface area contributed by atoms with Crippen LogP contribution in [-0.2, 0) is 0 Å². The second-order valence-corrected chi connectivity index (χ2v) is 15.2. The standard InChI is InChI=1S/C50H29N3S/c1-2-14-33(15-3-1)46-42-27-22-31-12-5-8-17-36(31)47(42)52-50(51-46)53-48-37-18-9-6-13-32(37)21-25-40(48)39-20-10-19-38(49(39)53)34-23-26-41-44(29-34)54-43-28-24-30-11-4-7-16-35(30)45(41)43/h1-29H. The summed E-state index contributed by atoms with van der Waals surface area (Å²) in [7, 11) is 0. The fraction of sp³-hybridized carbons (Fsp3) is 0. The molecule has 0 bridgehead atoms. The Morgan fingerprint density at radius 3 is 1.85 bits per heavy atom. The molecule has 250 valence electrons. The van der Waals surface area contributed by atoms with Gasteiger partial charge in [0, 0.05) is 58.2 Å². The van der Waals surface area contributed by atoms with Gasteiger partial charge in [0.1, 0.15) is 0 Å². The Morgan fingerprint density at radius 1 is 0.389 bits per heavy atom. The zero-order chi connectivity index (χ0) is 35.3. The molecule has 3 nitrogen and oxygen atoms in total. The van der Waals surface area contributed by atoms with Crippen molar-refractivity contribution in [2.24, 2.45) is 0 Å². The third-order valence-corrected chi connectivity index (χ3v) is 12.3. The Labute approximate surface area is 314 Å². The van der Waals surface area contributed by atoms with Gasteiger partial charge in [0.05, 0.1) is 22.2 Å². The van der Waals surface area contributed by atoms with E-state index < -0.39 is 0 Å². The highest BCUT2D eigenvalue weighted by Gasteiger charge is 2.22. The smallest absolute Gasteiger partial charge is 0.235 e. The first-order valence-corrected chi connectivity index (χ1v) is 19.1. The van der Waals surface area contributed by atoms with Gasteiger partial charge in [-0.25, -0.2) is 9.97 Å². The Hall–Kier alpha value is -6.88. The van der Waals surface area contributed by atoms with Crippen LogP contribution >= 0.6 is 11.3 Å². The molecule has 0 atom stereocenters. The molecule has 0 aliphatic carbocycles. The second-order valence-electron chi connectivity index (χ2n) is 14.1. The van der Waals surface area contributed by atoms with Crippen molar-refractivity contribution in [3.05, 3.63) is 176 Å². The monoisotopic (exact) mass is 703 g/mol. The first-order chi connectivity index (χ1) is 26.8. The zero-order valence-corrected chi connectivity index (χ0v) is 29.8. The maximum Gasteiger partial charge on any atom is 0.235 e. The van der Waals surface area contributed by atoms with Crippen molar-refractivity contribution in [3.63, 3.8) is 0 Å². The van der Waals surface area contributed by atoms with Crippen molar-refractivity contribution >= 4 is 96.5 Å². The molecule has 0 spiro atoms. The van der Waals surface area contributed by atoms with Crippen LogP contribution in [-0.4, -0.2) is 14.5 Å². The SMILES string of the molecule is c1ccc(-c2nc(-n3c4c(-c5ccc6c(c5)sc5ccc7ccccc7c56)cccc4c4ccc5ccccc5c43)nc3c2ccc2ccccc23)cc1. The molecule has 54 heavy (non-hydrogen) atoms. The summed E-state index contributed by atoms with van der Waals surface area (Å²) in [5.74, 6) is 0.663. The van der Waals surface area contributed by atoms with E-state index in [0.29, 0.717) is 5.95 Å². The molecule has 0 aliphatic heterocycles. The van der Waals surface area contributed by atoms with Gasteiger partial charge in [0.15, 0.2) is 0 Å². The summed E-state index contributed by atoms with van der Waals surface area (Å²) in [6, 6.07) is 63.6. The van der Waals surface area contributed by atoms with Crippen LogP contribution in [0.15, 0.2) is 176 Å². The van der Waals surface area contributed by atoms with Crippen LogP contribution in [0.2, 0.25) is 0 Å². The molecular formula is C50H29N3S. The zero-order valence-electron chi connectivity index (χ0n) is 29.0. The predicted molar refractivity (Wildman–Crippen MR) is 230 cm³/mol. The number of thiophene rings is 1. The van der Waals surface area contributed by atoms with Crippen LogP contribution in [0.4, 0.5) is 0 Å². The van der Waals surface area contributed by atoms with Gasteiger partial charge >= 0.3 is 0 Å². The minimum atomic E-state index is 0.663. The number of para-hydroxylation sites is 1. The van der Waals surface area contributed by atoms with Crippen molar-refractivity contribution < 1.29 is 0 Å². The predicted octanol–water partition coefficient (Wildman–Crippen LogP) is 13.9. The summed E-state index contributed by atoms with van der Waals surface area (Å²) in [6.45, 7) is 0. The number of benzene rings is 9. The van der Waals surface area contributed by atoms with Gasteiger partial charge in [-0.05, 0) is 45.3 Å². The summed E-state index contributed by atoms with van der Waals surface area (Å²) in [5.41, 5.74) is 7.48. The van der Waals surface area contributed by atoms with Gasteiger partial charge in [-0.1, -0.05) is 158 Å². The summed E-state index contributed by atoms with van der Waals surface area (Å²) in [4.78, 5) is 11.1. The van der Waals surface area contributed by atoms with Crippen molar-refractivity contribution in [1.82, 2.24) is 14.5 Å². The number of nitrogens with zero attached hydrogens (tertiary/aromatic N) is 3. The topological polar surface area (TPSA) is 30.7 Å². The van der Waals surface area contributed by atoms with Gasteiger partial charge in [-0.2, -0.15) is 0 Å². The molecule has 0 amide bonds. The van der Waals surface area contributed by atoms with E-state index in [1.165, 1.54) is 58.1 Å². The summed E-state index contributed by atoms with van der Waals surface area (Å²) in [6.07, 6.45) is 0. The van der Waals surface area contributed by atoms with Gasteiger partial charge in [0.2, 0.25) is 5.95 Å². The van der Waals surface area contributed by atoms with Crippen LogP contribution in [0, 0.1) is 0 Å². The molecule has 0 saturated carbocycles. The molecule has 12 aromatic rings. The average Bonchev–Trinajstić information content (AvgIpc) is 3.80. The number of fused-ring (bicyclic) bond motifs is 13. The number of hydrogen-bond donors (Lipinski definition) is 0. The summed E-state index contributed by atoms with van der Waals surface area (Å²) >= 11 is 1.87. The van der Waals surface area contributed by atoms with Crippen LogP contribution < -0.4 is 0 Å². The molecule has 3 aromatic heterocycles. The molecule has 0 saturated heterocycles. The van der Waals surface area contributed by atoms with E-state index in [1.54, 1.807) is 0 Å². The Bertz CT molecular complexity index is 3500. The fourth-order valence-corrected chi connectivity index (χ4v) is 9.90. The number of aromatic nitrogens is 3. The van der Waals surface area contributed by atoms with Crippen molar-refractivity contribution in [2.75, 3.05) is 0 Å². The van der Waals surface area contributed by atoms with E-state index in [0.717, 1.165) is 49.5 Å². The van der Waals surface area contributed by atoms with E-state index in [-0.39, 0.29) is 0 Å². The molecule has 9 aromatic carbocycles. The fourth-order valence-electron chi connectivity index (χ4n) is 8.74. The van der Waals surface area contributed by atoms with Crippen LogP contribution in [0.3, 0.4) is 0 Å². The normalized spacial score (nSPS) is 12.1. The third kappa shape index (κ3) is 4.23. The van der Waals surface area contributed by atoms with E-state index in [2.05, 4.69) is 180 Å². The molecule has 3 heterocycles. The Balaban J connectivity index is 1.22. The Kier molecular flexibility index (Phi) is 6.21. The lowest BCUT2D eigenvalue weighted by Gasteiger charge is -2.15. The highest BCUT2D eigenvalue weighted by Crippen LogP contribution is 2.44. The molecular weight excluding hydrogens is 675 g/mol. The number of rotatable bonds is 3. The van der Waals surface area contributed by atoms with Crippen LogP contribution in [0.25, 0.3) is 114 Å². The quantitative estimate of drug-likeness (QED) is 0.172. The van der Waals surface area contributed by atoms with Crippen LogP contribution in [0.5, 0.6) is 0 Å². The third-order valence-electron chi connectivity index (χ3n) is 11.2. The lowest BCUT2D eigenvalue weighted by molar-refractivity contribution is 1.02. The van der Waals surface area contributed by atoms with E-state index in [4.69, 9.17) is 9.97 Å². The molecule has 0 unspecified atom stereocenters. The molecule has 4 heteroatoms. The Morgan fingerprint density at radius 2 is 1.02 bits per heavy atom. The molecule has 0 radical (unpaired) electrons. The van der Waals surface area contributed by atoms with Crippen LogP contribution in [0.1, 0.15) is 0 Å². The average molecular weight is 704 g/mol. The summed E-state index contributed by atoms with van der Waals surface area (Å²) in [5, 5.41) is 13.2. The number of hydrogen-bond acceptors (Lipinski definition) is 3. The lowest BCUT2D eigenvalue weighted by Crippen LogP contribution is -2.05. The second kappa shape index (κ2) is 11.3.